The van der Waals surface area contributed by atoms with Crippen molar-refractivity contribution in [3.8, 4) is 0 Å². The van der Waals surface area contributed by atoms with Crippen molar-refractivity contribution in [3.63, 3.8) is 0 Å². The van der Waals surface area contributed by atoms with Crippen LogP contribution >= 0.6 is 0 Å². The fourth-order valence-corrected chi connectivity index (χ4v) is 5.57. The fraction of sp³-hybridized carbons (Fsp3) is 0.535. The number of benzene rings is 2. The quantitative estimate of drug-likeness (QED) is 0.149. The van der Waals surface area contributed by atoms with Crippen LogP contribution in [0, 0.1) is 32.6 Å². The minimum Gasteiger partial charge on any atom is -0.391 e. The highest BCUT2D eigenvalue weighted by Crippen LogP contribution is 2.24. The SMILES string of the molecule is C=C.C=CC(CCC)CCCC(=C)C.C=CNCCc1ccc(CC(C)Cc2cc(C)cc(C)c2)c(C)c1CC.CC.CC. The van der Waals surface area contributed by atoms with Gasteiger partial charge in [0.2, 0.25) is 0 Å². The minimum absolute atomic E-state index is 0.646. The van der Waals surface area contributed by atoms with Gasteiger partial charge in [0.25, 0.3) is 0 Å². The molecule has 0 fully saturated rings. The third kappa shape index (κ3) is 21.0. The molecule has 0 aromatic heterocycles. The Hall–Kier alpha value is -2.80. The van der Waals surface area contributed by atoms with E-state index in [-0.39, 0.29) is 0 Å². The van der Waals surface area contributed by atoms with E-state index in [0.717, 1.165) is 38.1 Å². The zero-order chi connectivity index (χ0) is 34.5. The van der Waals surface area contributed by atoms with E-state index >= 15 is 0 Å². The Morgan fingerprint density at radius 1 is 0.864 bits per heavy atom. The van der Waals surface area contributed by atoms with Gasteiger partial charge >= 0.3 is 0 Å². The highest BCUT2D eigenvalue weighted by atomic mass is 14.8. The maximum absolute atomic E-state index is 3.90. The van der Waals surface area contributed by atoms with Crippen molar-refractivity contribution < 1.29 is 0 Å². The van der Waals surface area contributed by atoms with Crippen LogP contribution in [0.1, 0.15) is 126 Å². The van der Waals surface area contributed by atoms with Crippen molar-refractivity contribution >= 4 is 0 Å². The second-order valence-corrected chi connectivity index (χ2v) is 11.4. The monoisotopic (exact) mass is 604 g/mol. The Morgan fingerprint density at radius 2 is 1.43 bits per heavy atom. The van der Waals surface area contributed by atoms with Gasteiger partial charge < -0.3 is 5.32 Å². The molecule has 2 aromatic rings. The zero-order valence-electron chi connectivity index (χ0n) is 31.3. The molecule has 1 heteroatoms. The zero-order valence-corrected chi connectivity index (χ0v) is 31.3. The lowest BCUT2D eigenvalue weighted by Gasteiger charge is -2.19. The largest absolute Gasteiger partial charge is 0.391 e. The van der Waals surface area contributed by atoms with Gasteiger partial charge in [-0.05, 0) is 125 Å². The summed E-state index contributed by atoms with van der Waals surface area (Å²) in [6.07, 6.45) is 14.6. The van der Waals surface area contributed by atoms with Crippen LogP contribution in [-0.2, 0) is 25.7 Å². The minimum atomic E-state index is 0.646. The molecule has 2 atom stereocenters. The highest BCUT2D eigenvalue weighted by molar-refractivity contribution is 5.41. The molecule has 0 spiro atoms. The summed E-state index contributed by atoms with van der Waals surface area (Å²) < 4.78 is 0. The van der Waals surface area contributed by atoms with Crippen LogP contribution in [0.2, 0.25) is 0 Å². The molecular weight excluding hydrogens is 530 g/mol. The first-order chi connectivity index (χ1) is 21.1. The van der Waals surface area contributed by atoms with Gasteiger partial charge in [0.05, 0.1) is 0 Å². The van der Waals surface area contributed by atoms with E-state index in [4.69, 9.17) is 0 Å². The number of allylic oxidation sites excluding steroid dienone is 2. The Morgan fingerprint density at radius 3 is 1.91 bits per heavy atom. The van der Waals surface area contributed by atoms with Crippen LogP contribution in [0.3, 0.4) is 0 Å². The molecule has 1 nitrogen and oxygen atoms in total. The first-order valence-corrected chi connectivity index (χ1v) is 17.4. The Balaban J connectivity index is -0.000000785. The molecule has 0 aliphatic carbocycles. The normalized spacial score (nSPS) is 10.9. The van der Waals surface area contributed by atoms with E-state index in [1.165, 1.54) is 76.6 Å². The third-order valence-corrected chi connectivity index (χ3v) is 7.45. The van der Waals surface area contributed by atoms with Gasteiger partial charge in [0.1, 0.15) is 0 Å². The number of nitrogens with one attached hydrogen (secondary N) is 1. The van der Waals surface area contributed by atoms with E-state index < -0.39 is 0 Å². The summed E-state index contributed by atoms with van der Waals surface area (Å²) in [7, 11) is 0. The lowest BCUT2D eigenvalue weighted by molar-refractivity contribution is 0.516. The molecule has 2 rings (SSSR count). The maximum Gasteiger partial charge on any atom is 0.0181 e. The van der Waals surface area contributed by atoms with Crippen molar-refractivity contribution in [3.05, 3.63) is 120 Å². The number of hydrogen-bond donors (Lipinski definition) is 1. The molecule has 0 heterocycles. The Kier molecular flexibility index (Phi) is 31.4. The number of hydrogen-bond acceptors (Lipinski definition) is 1. The van der Waals surface area contributed by atoms with Gasteiger partial charge in [-0.3, -0.25) is 0 Å². The summed E-state index contributed by atoms with van der Waals surface area (Å²) in [5, 5.41) is 3.21. The second-order valence-electron chi connectivity index (χ2n) is 11.4. The van der Waals surface area contributed by atoms with Crippen molar-refractivity contribution in [2.24, 2.45) is 11.8 Å². The molecule has 44 heavy (non-hydrogen) atoms. The fourth-order valence-electron chi connectivity index (χ4n) is 5.57. The first kappa shape index (κ1) is 45.6. The van der Waals surface area contributed by atoms with Gasteiger partial charge in [-0.1, -0.05) is 115 Å². The summed E-state index contributed by atoms with van der Waals surface area (Å²) in [6.45, 7) is 42.1. The molecule has 1 N–H and O–H groups in total. The Bertz CT molecular complexity index is 992. The lowest BCUT2D eigenvalue weighted by atomic mass is 9.87. The molecule has 0 bridgehead atoms. The van der Waals surface area contributed by atoms with E-state index in [9.17, 15) is 0 Å². The summed E-state index contributed by atoms with van der Waals surface area (Å²) in [4.78, 5) is 0. The van der Waals surface area contributed by atoms with Crippen LogP contribution in [0.25, 0.3) is 0 Å². The van der Waals surface area contributed by atoms with Crippen LogP contribution in [-0.4, -0.2) is 6.54 Å². The highest BCUT2D eigenvalue weighted by Gasteiger charge is 2.12. The molecule has 0 saturated heterocycles. The van der Waals surface area contributed by atoms with Crippen molar-refractivity contribution in [1.82, 2.24) is 5.32 Å². The number of aryl methyl sites for hydroxylation is 2. The summed E-state index contributed by atoms with van der Waals surface area (Å²) in [5.74, 6) is 1.38. The molecule has 0 aliphatic rings. The average molecular weight is 604 g/mol. The van der Waals surface area contributed by atoms with Gasteiger partial charge in [-0.15, -0.1) is 26.3 Å². The molecular formula is C43H73N. The lowest BCUT2D eigenvalue weighted by Crippen LogP contribution is -2.12. The maximum atomic E-state index is 3.90. The van der Waals surface area contributed by atoms with E-state index in [1.54, 1.807) is 6.20 Å². The molecule has 0 amide bonds. The second kappa shape index (κ2) is 30.2. The van der Waals surface area contributed by atoms with Crippen molar-refractivity contribution in [1.29, 1.82) is 0 Å². The number of rotatable bonds is 16. The van der Waals surface area contributed by atoms with Gasteiger partial charge in [0.15, 0.2) is 0 Å². The average Bonchev–Trinajstić information content (AvgIpc) is 3.01. The topological polar surface area (TPSA) is 12.0 Å². The van der Waals surface area contributed by atoms with E-state index in [0.29, 0.717) is 5.92 Å². The predicted molar refractivity (Wildman–Crippen MR) is 206 cm³/mol. The standard InChI is InChI=1S/C25H35N.C12H22.2C2H6.C2H4/c1-7-25-21(6)24(10-9-23(25)11-12-26-8-2)17-20(5)16-22-14-18(3)13-19(4)15-22;1-5-8-12(6-2)10-7-9-11(3)4;3*1-2/h8-10,13-15,20,26H,2,7,11-12,16-17H2,1,3-6H3;6,12H,2-3,5,7-10H2,1,4H3;2*1-2H3;1-2H2. The van der Waals surface area contributed by atoms with Gasteiger partial charge in [0, 0.05) is 6.54 Å². The molecule has 2 aromatic carbocycles. The van der Waals surface area contributed by atoms with Crippen molar-refractivity contribution in [2.75, 3.05) is 6.54 Å². The van der Waals surface area contributed by atoms with Crippen LogP contribution in [0.15, 0.2) is 81.1 Å². The molecule has 250 valence electrons. The van der Waals surface area contributed by atoms with Crippen molar-refractivity contribution in [2.45, 2.75) is 134 Å². The van der Waals surface area contributed by atoms with Crippen LogP contribution < -0.4 is 5.32 Å². The van der Waals surface area contributed by atoms with E-state index in [1.807, 2.05) is 27.7 Å². The molecule has 0 aliphatic heterocycles. The summed E-state index contributed by atoms with van der Waals surface area (Å²) in [6, 6.07) is 11.6. The first-order valence-electron chi connectivity index (χ1n) is 17.4. The molecule has 0 saturated carbocycles. The third-order valence-electron chi connectivity index (χ3n) is 7.45. The smallest absolute Gasteiger partial charge is 0.0181 e. The predicted octanol–water partition coefficient (Wildman–Crippen LogP) is 13.1. The molecule has 2 unspecified atom stereocenters. The van der Waals surface area contributed by atoms with E-state index in [2.05, 4.69) is 123 Å². The summed E-state index contributed by atoms with van der Waals surface area (Å²) in [5.41, 5.74) is 11.5. The van der Waals surface area contributed by atoms with Gasteiger partial charge in [-0.25, -0.2) is 0 Å². The van der Waals surface area contributed by atoms with Crippen LogP contribution in [0.5, 0.6) is 0 Å². The Labute approximate surface area is 277 Å². The van der Waals surface area contributed by atoms with Gasteiger partial charge in [-0.2, -0.15) is 0 Å². The molecule has 0 radical (unpaired) electrons. The summed E-state index contributed by atoms with van der Waals surface area (Å²) >= 11 is 0. The van der Waals surface area contributed by atoms with Crippen LogP contribution in [0.4, 0.5) is 0 Å².